The molecule has 0 N–H and O–H groups in total. The highest BCUT2D eigenvalue weighted by molar-refractivity contribution is 7.81. The largest absolute Gasteiger partial charge is 0.258 e. The van der Waals surface area contributed by atoms with E-state index in [0.29, 0.717) is 5.25 Å². The van der Waals surface area contributed by atoms with Gasteiger partial charge in [0, 0.05) is 16.6 Å². The van der Waals surface area contributed by atoms with Crippen LogP contribution in [0.5, 0.6) is 0 Å². The third kappa shape index (κ3) is 17.5. The topological polar surface area (TPSA) is 12.9 Å². The van der Waals surface area contributed by atoms with Crippen LogP contribution in [0, 0.1) is 20.8 Å². The van der Waals surface area contributed by atoms with Crippen molar-refractivity contribution in [3.05, 3.63) is 116 Å². The number of pyridine rings is 1. The van der Waals surface area contributed by atoms with Crippen molar-refractivity contribution in [2.75, 3.05) is 0 Å². The number of thiol groups is 1. The van der Waals surface area contributed by atoms with Crippen molar-refractivity contribution in [3.8, 4) is 11.1 Å². The maximum atomic E-state index is 4.38. The lowest BCUT2D eigenvalue weighted by Crippen LogP contribution is -1.88. The molecule has 0 bridgehead atoms. The van der Waals surface area contributed by atoms with Crippen molar-refractivity contribution in [1.82, 2.24) is 4.98 Å². The summed E-state index contributed by atoms with van der Waals surface area (Å²) in [5.74, 6) is 0. The summed E-state index contributed by atoms with van der Waals surface area (Å²) < 4.78 is 0. The van der Waals surface area contributed by atoms with Gasteiger partial charge in [0.1, 0.15) is 0 Å². The molecule has 0 radical (unpaired) electrons. The van der Waals surface area contributed by atoms with Crippen molar-refractivity contribution in [3.63, 3.8) is 0 Å². The van der Waals surface area contributed by atoms with E-state index in [1.807, 2.05) is 58.9 Å². The zero-order valence-corrected chi connectivity index (χ0v) is 20.5. The highest BCUT2D eigenvalue weighted by Crippen LogP contribution is 2.21. The Kier molecular flexibility index (Phi) is 19.5. The molecular formula is C28H39NS. The second kappa shape index (κ2) is 19.7. The summed E-state index contributed by atoms with van der Waals surface area (Å²) in [6.45, 7) is 22.4. The third-order valence-electron chi connectivity index (χ3n) is 3.29. The summed E-state index contributed by atoms with van der Waals surface area (Å²) in [6, 6.07) is 12.8. The number of aromatic nitrogens is 1. The van der Waals surface area contributed by atoms with Crippen LogP contribution < -0.4 is 0 Å². The molecule has 2 rings (SSSR count). The summed E-state index contributed by atoms with van der Waals surface area (Å²) in [4.78, 5) is 4.38. The highest BCUT2D eigenvalue weighted by Gasteiger charge is 2.00. The van der Waals surface area contributed by atoms with Crippen LogP contribution in [0.4, 0.5) is 0 Å². The van der Waals surface area contributed by atoms with Crippen molar-refractivity contribution in [2.24, 2.45) is 0 Å². The molecule has 1 aromatic heterocycles. The van der Waals surface area contributed by atoms with Gasteiger partial charge in [-0.3, -0.25) is 4.98 Å². The Morgan fingerprint density at radius 3 is 1.73 bits per heavy atom. The van der Waals surface area contributed by atoms with Crippen molar-refractivity contribution in [1.29, 1.82) is 0 Å². The van der Waals surface area contributed by atoms with Gasteiger partial charge in [-0.15, -0.1) is 6.58 Å². The van der Waals surface area contributed by atoms with Gasteiger partial charge in [-0.25, -0.2) is 0 Å². The first-order valence-corrected chi connectivity index (χ1v) is 10.6. The van der Waals surface area contributed by atoms with Gasteiger partial charge < -0.3 is 0 Å². The normalized spacial score (nSPS) is 10.5. The third-order valence-corrected chi connectivity index (χ3v) is 3.46. The second-order valence-corrected chi connectivity index (χ2v) is 7.35. The zero-order chi connectivity index (χ0) is 23.4. The number of aryl methyl sites for hydroxylation is 3. The lowest BCUT2D eigenvalue weighted by Gasteiger charge is -2.05. The molecule has 0 saturated heterocycles. The predicted molar refractivity (Wildman–Crippen MR) is 143 cm³/mol. The lowest BCUT2D eigenvalue weighted by molar-refractivity contribution is 1.12. The number of hydrogen-bond acceptors (Lipinski definition) is 2. The van der Waals surface area contributed by atoms with Gasteiger partial charge in [-0.2, -0.15) is 12.6 Å². The van der Waals surface area contributed by atoms with Crippen molar-refractivity contribution < 1.29 is 0 Å². The number of rotatable bonds is 4. The van der Waals surface area contributed by atoms with Gasteiger partial charge in [0.05, 0.1) is 0 Å². The molecule has 0 aliphatic heterocycles. The van der Waals surface area contributed by atoms with Gasteiger partial charge in [0.25, 0.3) is 0 Å². The molecule has 1 nitrogen and oxygen atoms in total. The maximum absolute atomic E-state index is 4.38. The van der Waals surface area contributed by atoms with Crippen molar-refractivity contribution in [2.45, 2.75) is 46.8 Å². The minimum atomic E-state index is 0.345. The molecule has 1 aromatic carbocycles. The molecule has 0 saturated carbocycles. The fourth-order valence-electron chi connectivity index (χ4n) is 2.20. The Morgan fingerprint density at radius 1 is 0.867 bits per heavy atom. The standard InChI is InChI=1S/C14H15N.C6H10S.C5H8.C3H6/c1-10-5-4-6-13(7-10)14-8-11(2)15-12(3)9-14;1-3-4-5-6(2)7;1-3-5-4-2;1-3-2/h4-9H,1-3H3;3-7H,1H2,2H3;3-5H,1H2,2H3;3H,1H2,2H3/b;2*5-4-;. The molecule has 2 heteroatoms. The number of allylic oxidation sites excluding steroid dienone is 6. The Morgan fingerprint density at radius 2 is 1.40 bits per heavy atom. The SMILES string of the molecule is C=C/C=C\C.C=C/C=C\C(C)S.C=CC.Cc1cccc(-c2cc(C)nc(C)c2)c1. The van der Waals surface area contributed by atoms with Crippen LogP contribution >= 0.6 is 12.6 Å². The van der Waals surface area contributed by atoms with E-state index < -0.39 is 0 Å². The van der Waals surface area contributed by atoms with Gasteiger partial charge >= 0.3 is 0 Å². The molecule has 0 spiro atoms. The zero-order valence-electron chi connectivity index (χ0n) is 19.6. The first-order valence-electron chi connectivity index (χ1n) is 10.1. The fraction of sp³-hybridized carbons (Fsp3) is 0.250. The average Bonchev–Trinajstić information content (AvgIpc) is 2.68. The predicted octanol–water partition coefficient (Wildman–Crippen LogP) is 8.66. The van der Waals surface area contributed by atoms with Crippen LogP contribution in [0.2, 0.25) is 0 Å². The minimum Gasteiger partial charge on any atom is -0.258 e. The molecular weight excluding hydrogens is 382 g/mol. The average molecular weight is 422 g/mol. The molecule has 162 valence electrons. The van der Waals surface area contributed by atoms with Crippen LogP contribution in [0.3, 0.4) is 0 Å². The van der Waals surface area contributed by atoms with E-state index in [9.17, 15) is 0 Å². The Labute approximate surface area is 191 Å². The molecule has 2 aromatic rings. The van der Waals surface area contributed by atoms with E-state index in [1.165, 1.54) is 16.7 Å². The van der Waals surface area contributed by atoms with Gasteiger partial charge in [0.2, 0.25) is 0 Å². The molecule has 0 aliphatic rings. The quantitative estimate of drug-likeness (QED) is 0.296. The first-order chi connectivity index (χ1) is 14.2. The molecule has 0 aliphatic carbocycles. The first kappa shape index (κ1) is 29.6. The molecule has 30 heavy (non-hydrogen) atoms. The fourth-order valence-corrected chi connectivity index (χ4v) is 2.30. The van der Waals surface area contributed by atoms with E-state index in [2.05, 4.69) is 80.7 Å². The van der Waals surface area contributed by atoms with Gasteiger partial charge in [-0.05, 0) is 64.8 Å². The minimum absolute atomic E-state index is 0.345. The lowest BCUT2D eigenvalue weighted by atomic mass is 10.0. The monoisotopic (exact) mass is 421 g/mol. The summed E-state index contributed by atoms with van der Waals surface area (Å²) in [7, 11) is 0. The molecule has 1 unspecified atom stereocenters. The maximum Gasteiger partial charge on any atom is 0.0382 e. The van der Waals surface area contributed by atoms with E-state index in [-0.39, 0.29) is 0 Å². The molecule has 1 heterocycles. The van der Waals surface area contributed by atoms with Crippen LogP contribution in [0.15, 0.2) is 98.7 Å². The molecule has 1 atom stereocenters. The van der Waals surface area contributed by atoms with Gasteiger partial charge in [-0.1, -0.05) is 85.5 Å². The highest BCUT2D eigenvalue weighted by atomic mass is 32.1. The Balaban J connectivity index is 0. The second-order valence-electron chi connectivity index (χ2n) is 6.54. The number of hydrogen-bond donors (Lipinski definition) is 1. The van der Waals surface area contributed by atoms with Crippen LogP contribution in [-0.2, 0) is 0 Å². The van der Waals surface area contributed by atoms with Gasteiger partial charge in [0.15, 0.2) is 0 Å². The number of nitrogens with zero attached hydrogens (tertiary/aromatic N) is 1. The molecule has 0 fully saturated rings. The van der Waals surface area contributed by atoms with Crippen LogP contribution in [0.1, 0.15) is 37.7 Å². The van der Waals surface area contributed by atoms with Crippen LogP contribution in [-0.4, -0.2) is 10.2 Å². The van der Waals surface area contributed by atoms with E-state index >= 15 is 0 Å². The van der Waals surface area contributed by atoms with Crippen LogP contribution in [0.25, 0.3) is 11.1 Å². The summed E-state index contributed by atoms with van der Waals surface area (Å²) in [5, 5.41) is 0.345. The van der Waals surface area contributed by atoms with E-state index in [1.54, 1.807) is 18.2 Å². The summed E-state index contributed by atoms with van der Waals surface area (Å²) in [6.07, 6.45) is 12.9. The Hall–Kier alpha value is -2.58. The van der Waals surface area contributed by atoms with Crippen molar-refractivity contribution >= 4 is 12.6 Å². The Bertz CT molecular complexity index is 778. The number of benzene rings is 1. The summed E-state index contributed by atoms with van der Waals surface area (Å²) >= 11 is 4.10. The summed E-state index contributed by atoms with van der Waals surface area (Å²) in [5.41, 5.74) is 5.96. The molecule has 0 amide bonds. The van der Waals surface area contributed by atoms with E-state index in [4.69, 9.17) is 0 Å². The smallest absolute Gasteiger partial charge is 0.0382 e. The van der Waals surface area contributed by atoms with E-state index in [0.717, 1.165) is 11.4 Å².